The van der Waals surface area contributed by atoms with E-state index in [2.05, 4.69) is 17.3 Å². The summed E-state index contributed by atoms with van der Waals surface area (Å²) >= 11 is 0. The highest BCUT2D eigenvalue weighted by Crippen LogP contribution is 2.22. The lowest BCUT2D eigenvalue weighted by atomic mass is 9.85. The average molecular weight is 199 g/mol. The number of nitrogens with two attached hydrogens (primary N) is 1. The van der Waals surface area contributed by atoms with Crippen molar-refractivity contribution in [2.75, 3.05) is 33.7 Å². The molecule has 1 rings (SSSR count). The number of piperidine rings is 1. The first-order valence-corrected chi connectivity index (χ1v) is 5.29. The Kier molecular flexibility index (Phi) is 4.35. The summed E-state index contributed by atoms with van der Waals surface area (Å²) in [5.74, 6) is 0.509. The van der Waals surface area contributed by atoms with E-state index in [4.69, 9.17) is 5.73 Å². The maximum absolute atomic E-state index is 11.5. The predicted octanol–water partition coefficient (Wildman–Crippen LogP) is -0.351. The summed E-state index contributed by atoms with van der Waals surface area (Å²) in [5.41, 5.74) is 5.65. The number of carbonyl (C=O) groups is 1. The van der Waals surface area contributed by atoms with Crippen molar-refractivity contribution in [3.05, 3.63) is 0 Å². The molecule has 82 valence electrons. The molecule has 14 heavy (non-hydrogen) atoms. The van der Waals surface area contributed by atoms with E-state index in [-0.39, 0.29) is 11.8 Å². The topological polar surface area (TPSA) is 58.4 Å². The fourth-order valence-corrected chi connectivity index (χ4v) is 2.23. The molecule has 0 saturated carbocycles. The van der Waals surface area contributed by atoms with Crippen molar-refractivity contribution in [3.63, 3.8) is 0 Å². The van der Waals surface area contributed by atoms with Gasteiger partial charge in [-0.2, -0.15) is 0 Å². The van der Waals surface area contributed by atoms with E-state index in [1.54, 1.807) is 7.05 Å². The Morgan fingerprint density at radius 1 is 1.71 bits per heavy atom. The molecular weight excluding hydrogens is 178 g/mol. The molecule has 1 heterocycles. The van der Waals surface area contributed by atoms with Gasteiger partial charge in [-0.05, 0) is 32.4 Å². The van der Waals surface area contributed by atoms with Crippen LogP contribution in [0.1, 0.15) is 12.8 Å². The van der Waals surface area contributed by atoms with Crippen LogP contribution in [0.3, 0.4) is 0 Å². The highest BCUT2D eigenvalue weighted by atomic mass is 16.1. The average Bonchev–Trinajstić information content (AvgIpc) is 2.19. The van der Waals surface area contributed by atoms with Gasteiger partial charge in [-0.15, -0.1) is 0 Å². The number of amides is 1. The molecular formula is C10H21N3O. The second kappa shape index (κ2) is 5.32. The molecule has 0 aromatic heterocycles. The van der Waals surface area contributed by atoms with Crippen molar-refractivity contribution >= 4 is 5.91 Å². The molecule has 0 spiro atoms. The third-order valence-electron chi connectivity index (χ3n) is 3.07. The van der Waals surface area contributed by atoms with E-state index < -0.39 is 0 Å². The van der Waals surface area contributed by atoms with Crippen LogP contribution in [0.4, 0.5) is 0 Å². The zero-order valence-corrected chi connectivity index (χ0v) is 9.12. The first-order valence-electron chi connectivity index (χ1n) is 5.29. The van der Waals surface area contributed by atoms with Gasteiger partial charge < -0.3 is 16.0 Å². The van der Waals surface area contributed by atoms with Crippen molar-refractivity contribution in [2.45, 2.75) is 12.8 Å². The minimum atomic E-state index is -0.0113. The lowest BCUT2D eigenvalue weighted by molar-refractivity contribution is -0.126. The van der Waals surface area contributed by atoms with Gasteiger partial charge in [-0.25, -0.2) is 0 Å². The van der Waals surface area contributed by atoms with Gasteiger partial charge in [0, 0.05) is 20.1 Å². The van der Waals surface area contributed by atoms with Crippen molar-refractivity contribution in [3.8, 4) is 0 Å². The van der Waals surface area contributed by atoms with Crippen molar-refractivity contribution < 1.29 is 4.79 Å². The van der Waals surface area contributed by atoms with Gasteiger partial charge in [0.05, 0.1) is 5.92 Å². The zero-order valence-electron chi connectivity index (χ0n) is 9.12. The second-order valence-corrected chi connectivity index (χ2v) is 4.12. The Morgan fingerprint density at radius 2 is 2.43 bits per heavy atom. The first kappa shape index (κ1) is 11.5. The third-order valence-corrected chi connectivity index (χ3v) is 3.07. The Balaban J connectivity index is 2.54. The Hall–Kier alpha value is -0.610. The fourth-order valence-electron chi connectivity index (χ4n) is 2.23. The zero-order chi connectivity index (χ0) is 10.6. The quantitative estimate of drug-likeness (QED) is 0.653. The van der Waals surface area contributed by atoms with Crippen LogP contribution in [-0.4, -0.2) is 44.5 Å². The normalized spacial score (nSPS) is 25.8. The van der Waals surface area contributed by atoms with Crippen molar-refractivity contribution in [2.24, 2.45) is 17.6 Å². The number of carbonyl (C=O) groups excluding carboxylic acids is 1. The molecule has 0 radical (unpaired) electrons. The Bertz CT molecular complexity index is 196. The fraction of sp³-hybridized carbons (Fsp3) is 0.900. The van der Waals surface area contributed by atoms with Crippen LogP contribution in [0.25, 0.3) is 0 Å². The molecule has 4 heteroatoms. The molecule has 0 aromatic carbocycles. The first-order chi connectivity index (χ1) is 6.69. The lowest BCUT2D eigenvalue weighted by Crippen LogP contribution is -2.44. The molecule has 1 aliphatic heterocycles. The number of likely N-dealkylation sites (tertiary alicyclic amines) is 1. The molecule has 4 nitrogen and oxygen atoms in total. The second-order valence-electron chi connectivity index (χ2n) is 4.12. The molecule has 1 saturated heterocycles. The van der Waals surface area contributed by atoms with Gasteiger partial charge in [-0.3, -0.25) is 4.79 Å². The highest BCUT2D eigenvalue weighted by molar-refractivity contribution is 5.78. The van der Waals surface area contributed by atoms with Gasteiger partial charge in [0.2, 0.25) is 5.91 Å². The highest BCUT2D eigenvalue weighted by Gasteiger charge is 2.29. The summed E-state index contributed by atoms with van der Waals surface area (Å²) < 4.78 is 0. The summed E-state index contributed by atoms with van der Waals surface area (Å²) in [6, 6.07) is 0. The SMILES string of the molecule is CNC(=O)[C@H](CN)[C@@H]1CCCN(C)C1. The van der Waals surface area contributed by atoms with Crippen LogP contribution < -0.4 is 11.1 Å². The van der Waals surface area contributed by atoms with Gasteiger partial charge in [-0.1, -0.05) is 0 Å². The van der Waals surface area contributed by atoms with E-state index in [9.17, 15) is 4.79 Å². The van der Waals surface area contributed by atoms with Crippen LogP contribution in [0, 0.1) is 11.8 Å². The largest absolute Gasteiger partial charge is 0.359 e. The monoisotopic (exact) mass is 199 g/mol. The maximum atomic E-state index is 11.5. The van der Waals surface area contributed by atoms with Crippen molar-refractivity contribution in [1.29, 1.82) is 0 Å². The molecule has 0 bridgehead atoms. The van der Waals surface area contributed by atoms with E-state index in [0.29, 0.717) is 12.5 Å². The number of hydrogen-bond acceptors (Lipinski definition) is 3. The molecule has 1 fully saturated rings. The predicted molar refractivity (Wildman–Crippen MR) is 56.8 cm³/mol. The maximum Gasteiger partial charge on any atom is 0.224 e. The number of rotatable bonds is 3. The van der Waals surface area contributed by atoms with Crippen LogP contribution in [0.2, 0.25) is 0 Å². The van der Waals surface area contributed by atoms with Crippen LogP contribution in [0.15, 0.2) is 0 Å². The summed E-state index contributed by atoms with van der Waals surface area (Å²) in [6.45, 7) is 2.59. The van der Waals surface area contributed by atoms with Crippen LogP contribution in [0.5, 0.6) is 0 Å². The summed E-state index contributed by atoms with van der Waals surface area (Å²) in [5, 5.41) is 2.69. The van der Waals surface area contributed by atoms with Gasteiger partial charge in [0.25, 0.3) is 0 Å². The molecule has 0 aliphatic carbocycles. The minimum Gasteiger partial charge on any atom is -0.359 e. The standard InChI is InChI=1S/C10H21N3O/c1-12-10(14)9(6-11)8-4-3-5-13(2)7-8/h8-9H,3-7,11H2,1-2H3,(H,12,14)/t8-,9-/m1/s1. The van der Waals surface area contributed by atoms with E-state index in [0.717, 1.165) is 19.5 Å². The number of nitrogens with one attached hydrogen (secondary N) is 1. The van der Waals surface area contributed by atoms with E-state index >= 15 is 0 Å². The summed E-state index contributed by atoms with van der Waals surface area (Å²) in [4.78, 5) is 13.8. The Morgan fingerprint density at radius 3 is 2.93 bits per heavy atom. The molecule has 1 aliphatic rings. The van der Waals surface area contributed by atoms with E-state index in [1.807, 2.05) is 0 Å². The van der Waals surface area contributed by atoms with Crippen LogP contribution in [-0.2, 0) is 4.79 Å². The smallest absolute Gasteiger partial charge is 0.224 e. The molecule has 1 amide bonds. The molecule has 0 unspecified atom stereocenters. The molecule has 2 atom stereocenters. The number of hydrogen-bond donors (Lipinski definition) is 2. The van der Waals surface area contributed by atoms with Crippen molar-refractivity contribution in [1.82, 2.24) is 10.2 Å². The van der Waals surface area contributed by atoms with Gasteiger partial charge in [0.15, 0.2) is 0 Å². The lowest BCUT2D eigenvalue weighted by Gasteiger charge is -2.33. The van der Waals surface area contributed by atoms with Gasteiger partial charge >= 0.3 is 0 Å². The Labute approximate surface area is 85.8 Å². The van der Waals surface area contributed by atoms with E-state index in [1.165, 1.54) is 6.42 Å². The third kappa shape index (κ3) is 2.69. The summed E-state index contributed by atoms with van der Waals surface area (Å²) in [7, 11) is 3.78. The van der Waals surface area contributed by atoms with Crippen LogP contribution >= 0.6 is 0 Å². The number of nitrogens with zero attached hydrogens (tertiary/aromatic N) is 1. The minimum absolute atomic E-state index is 0.0113. The van der Waals surface area contributed by atoms with Gasteiger partial charge in [0.1, 0.15) is 0 Å². The molecule has 0 aromatic rings. The summed E-state index contributed by atoms with van der Waals surface area (Å²) in [6.07, 6.45) is 2.30. The molecule has 3 N–H and O–H groups in total.